The van der Waals surface area contributed by atoms with E-state index in [0.717, 1.165) is 22.4 Å². The van der Waals surface area contributed by atoms with Crippen LogP contribution in [0.4, 0.5) is 0 Å². The molecule has 1 N–H and O–H groups in total. The average molecular weight is 384 g/mol. The third-order valence-electron chi connectivity index (χ3n) is 3.95. The van der Waals surface area contributed by atoms with Gasteiger partial charge in [-0.1, -0.05) is 23.7 Å². The first-order valence-corrected chi connectivity index (χ1v) is 9.65. The second kappa shape index (κ2) is 8.08. The number of ether oxygens (including phenoxy) is 2. The molecule has 0 saturated heterocycles. The molecule has 0 aliphatic heterocycles. The minimum atomic E-state index is -3.66. The number of hydrogen-bond donors (Lipinski definition) is 1. The molecular weight excluding hydrogens is 362 g/mol. The quantitative estimate of drug-likeness (QED) is 0.741. The van der Waals surface area contributed by atoms with Crippen molar-refractivity contribution in [3.8, 4) is 11.5 Å². The van der Waals surface area contributed by atoms with Crippen LogP contribution in [0.15, 0.2) is 35.2 Å². The lowest BCUT2D eigenvalue weighted by Crippen LogP contribution is -2.28. The van der Waals surface area contributed by atoms with Crippen molar-refractivity contribution >= 4 is 21.6 Å². The standard InChI is InChI=1S/C18H22ClNO4S/c1-12-5-6-13(2)18(14(12)3)24-10-9-20-25(21,22)15-7-8-17(23-4)16(19)11-15/h5-8,11,20H,9-10H2,1-4H3. The van der Waals surface area contributed by atoms with Gasteiger partial charge < -0.3 is 9.47 Å². The molecule has 25 heavy (non-hydrogen) atoms. The third kappa shape index (κ3) is 4.66. The van der Waals surface area contributed by atoms with Gasteiger partial charge in [0.25, 0.3) is 0 Å². The number of methoxy groups -OCH3 is 1. The molecule has 0 unspecified atom stereocenters. The first-order valence-electron chi connectivity index (χ1n) is 7.79. The zero-order chi connectivity index (χ0) is 18.6. The molecule has 0 aromatic heterocycles. The van der Waals surface area contributed by atoms with Gasteiger partial charge in [-0.2, -0.15) is 0 Å². The number of hydrogen-bond acceptors (Lipinski definition) is 4. The summed E-state index contributed by atoms with van der Waals surface area (Å²) < 4.78 is 37.9. The highest BCUT2D eigenvalue weighted by molar-refractivity contribution is 7.89. The Bertz CT molecular complexity index is 866. The van der Waals surface area contributed by atoms with Gasteiger partial charge in [0.05, 0.1) is 17.0 Å². The van der Waals surface area contributed by atoms with Crippen molar-refractivity contribution in [2.75, 3.05) is 20.3 Å². The van der Waals surface area contributed by atoms with Gasteiger partial charge in [-0.3, -0.25) is 0 Å². The molecule has 0 heterocycles. The Hall–Kier alpha value is -1.76. The predicted octanol–water partition coefficient (Wildman–Crippen LogP) is 3.63. The maximum atomic E-state index is 12.3. The van der Waals surface area contributed by atoms with Gasteiger partial charge in [0.15, 0.2) is 0 Å². The summed E-state index contributed by atoms with van der Waals surface area (Å²) in [7, 11) is -2.19. The normalized spacial score (nSPS) is 11.4. The number of sulfonamides is 1. The Balaban J connectivity index is 1.99. The molecule has 0 fully saturated rings. The molecule has 0 saturated carbocycles. The Labute approximate surface area is 154 Å². The van der Waals surface area contributed by atoms with E-state index in [1.165, 1.54) is 25.3 Å². The van der Waals surface area contributed by atoms with Crippen molar-refractivity contribution in [3.05, 3.63) is 52.0 Å². The monoisotopic (exact) mass is 383 g/mol. The number of aryl methyl sites for hydroxylation is 2. The molecule has 7 heteroatoms. The fourth-order valence-corrected chi connectivity index (χ4v) is 3.74. The minimum absolute atomic E-state index is 0.0845. The van der Waals surface area contributed by atoms with E-state index in [-0.39, 0.29) is 23.1 Å². The maximum Gasteiger partial charge on any atom is 0.240 e. The van der Waals surface area contributed by atoms with Crippen molar-refractivity contribution in [2.45, 2.75) is 25.7 Å². The first-order chi connectivity index (χ1) is 11.8. The van der Waals surface area contributed by atoms with Gasteiger partial charge in [-0.15, -0.1) is 0 Å². The summed E-state index contributed by atoms with van der Waals surface area (Å²) >= 11 is 5.98. The summed E-state index contributed by atoms with van der Waals surface area (Å²) in [5.74, 6) is 1.22. The van der Waals surface area contributed by atoms with E-state index in [2.05, 4.69) is 4.72 Å². The number of nitrogens with one attached hydrogen (secondary N) is 1. The minimum Gasteiger partial charge on any atom is -0.495 e. The Morgan fingerprint density at radius 3 is 2.40 bits per heavy atom. The van der Waals surface area contributed by atoms with Crippen molar-refractivity contribution in [1.82, 2.24) is 4.72 Å². The van der Waals surface area contributed by atoms with E-state index >= 15 is 0 Å². The van der Waals surface area contributed by atoms with Gasteiger partial charge in [0.1, 0.15) is 18.1 Å². The summed E-state index contributed by atoms with van der Waals surface area (Å²) in [6.07, 6.45) is 0. The fourth-order valence-electron chi connectivity index (χ4n) is 2.37. The van der Waals surface area contributed by atoms with E-state index in [0.29, 0.717) is 5.75 Å². The van der Waals surface area contributed by atoms with E-state index in [4.69, 9.17) is 21.1 Å². The van der Waals surface area contributed by atoms with Gasteiger partial charge in [-0.05, 0) is 55.7 Å². The van der Waals surface area contributed by atoms with Crippen LogP contribution in [-0.2, 0) is 10.0 Å². The molecule has 136 valence electrons. The molecule has 0 radical (unpaired) electrons. The zero-order valence-electron chi connectivity index (χ0n) is 14.7. The van der Waals surface area contributed by atoms with Gasteiger partial charge in [0, 0.05) is 6.54 Å². The Kier molecular flexibility index (Phi) is 6.32. The molecular formula is C18H22ClNO4S. The molecule has 2 aromatic carbocycles. The van der Waals surface area contributed by atoms with Crippen molar-refractivity contribution in [2.24, 2.45) is 0 Å². The largest absolute Gasteiger partial charge is 0.495 e. The van der Waals surface area contributed by atoms with Gasteiger partial charge in [-0.25, -0.2) is 13.1 Å². The van der Waals surface area contributed by atoms with E-state index in [1.807, 2.05) is 32.9 Å². The summed E-state index contributed by atoms with van der Waals surface area (Å²) in [4.78, 5) is 0.0845. The second-order valence-corrected chi connectivity index (χ2v) is 7.87. The number of rotatable bonds is 7. The molecule has 2 aromatic rings. The maximum absolute atomic E-state index is 12.3. The van der Waals surface area contributed by atoms with Crippen LogP contribution in [0.3, 0.4) is 0 Å². The average Bonchev–Trinajstić information content (AvgIpc) is 2.57. The van der Waals surface area contributed by atoms with Gasteiger partial charge >= 0.3 is 0 Å². The van der Waals surface area contributed by atoms with Crippen LogP contribution < -0.4 is 14.2 Å². The van der Waals surface area contributed by atoms with Crippen LogP contribution in [0.1, 0.15) is 16.7 Å². The van der Waals surface area contributed by atoms with Crippen LogP contribution >= 0.6 is 11.6 Å². The van der Waals surface area contributed by atoms with Gasteiger partial charge in [0.2, 0.25) is 10.0 Å². The van der Waals surface area contributed by atoms with E-state index in [1.54, 1.807) is 0 Å². The van der Waals surface area contributed by atoms with E-state index in [9.17, 15) is 8.42 Å². The van der Waals surface area contributed by atoms with Crippen LogP contribution in [0.25, 0.3) is 0 Å². The smallest absolute Gasteiger partial charge is 0.240 e. The fraction of sp³-hybridized carbons (Fsp3) is 0.333. The molecule has 0 aliphatic carbocycles. The highest BCUT2D eigenvalue weighted by Gasteiger charge is 2.16. The summed E-state index contributed by atoms with van der Waals surface area (Å²) in [5.41, 5.74) is 3.21. The lowest BCUT2D eigenvalue weighted by Gasteiger charge is -2.14. The topological polar surface area (TPSA) is 64.6 Å². The molecule has 0 bridgehead atoms. The Morgan fingerprint density at radius 2 is 1.76 bits per heavy atom. The van der Waals surface area contributed by atoms with E-state index < -0.39 is 10.0 Å². The third-order valence-corrected chi connectivity index (χ3v) is 5.70. The highest BCUT2D eigenvalue weighted by Crippen LogP contribution is 2.27. The molecule has 0 amide bonds. The predicted molar refractivity (Wildman–Crippen MR) is 99.3 cm³/mol. The second-order valence-electron chi connectivity index (χ2n) is 5.70. The molecule has 5 nitrogen and oxygen atoms in total. The van der Waals surface area contributed by atoms with Crippen LogP contribution in [0.5, 0.6) is 11.5 Å². The SMILES string of the molecule is COc1ccc(S(=O)(=O)NCCOc2c(C)ccc(C)c2C)cc1Cl. The first kappa shape index (κ1) is 19.6. The molecule has 0 spiro atoms. The lowest BCUT2D eigenvalue weighted by atomic mass is 10.1. The van der Waals surface area contributed by atoms with Crippen molar-refractivity contribution < 1.29 is 17.9 Å². The molecule has 0 aliphatic rings. The Morgan fingerprint density at radius 1 is 1.08 bits per heavy atom. The zero-order valence-corrected chi connectivity index (χ0v) is 16.3. The number of halogens is 1. The number of benzene rings is 2. The van der Waals surface area contributed by atoms with Crippen LogP contribution in [-0.4, -0.2) is 28.7 Å². The highest BCUT2D eigenvalue weighted by atomic mass is 35.5. The van der Waals surface area contributed by atoms with Crippen LogP contribution in [0, 0.1) is 20.8 Å². The van der Waals surface area contributed by atoms with Crippen molar-refractivity contribution in [1.29, 1.82) is 0 Å². The lowest BCUT2D eigenvalue weighted by molar-refractivity contribution is 0.318. The molecule has 0 atom stereocenters. The summed E-state index contributed by atoms with van der Waals surface area (Å²) in [6, 6.07) is 8.35. The van der Waals surface area contributed by atoms with Crippen molar-refractivity contribution in [3.63, 3.8) is 0 Å². The van der Waals surface area contributed by atoms with Crippen LogP contribution in [0.2, 0.25) is 5.02 Å². The summed E-state index contributed by atoms with van der Waals surface area (Å²) in [5, 5.41) is 0.243. The summed E-state index contributed by atoms with van der Waals surface area (Å²) in [6.45, 7) is 6.34. The molecule has 2 rings (SSSR count).